The van der Waals surface area contributed by atoms with Crippen molar-refractivity contribution >= 4 is 22.4 Å². The number of anilines is 1. The monoisotopic (exact) mass is 330 g/mol. The normalized spacial score (nSPS) is 13.5. The number of hydrogen-bond donors (Lipinski definition) is 0. The van der Waals surface area contributed by atoms with Crippen LogP contribution < -0.4 is 9.64 Å². The van der Waals surface area contributed by atoms with Gasteiger partial charge < -0.3 is 4.74 Å². The van der Waals surface area contributed by atoms with Crippen molar-refractivity contribution in [2.45, 2.75) is 39.5 Å². The average molecular weight is 330 g/mol. The van der Waals surface area contributed by atoms with Gasteiger partial charge in [0.05, 0.1) is 5.69 Å². The molecule has 23 heavy (non-hydrogen) atoms. The summed E-state index contributed by atoms with van der Waals surface area (Å²) in [6, 6.07) is 5.88. The van der Waals surface area contributed by atoms with Crippen LogP contribution in [0.3, 0.4) is 0 Å². The van der Waals surface area contributed by atoms with Gasteiger partial charge in [-0.2, -0.15) is 0 Å². The van der Waals surface area contributed by atoms with E-state index < -0.39 is 0 Å². The Kier molecular flexibility index (Phi) is 4.66. The Morgan fingerprint density at radius 3 is 2.87 bits per heavy atom. The van der Waals surface area contributed by atoms with Crippen molar-refractivity contribution in [2.24, 2.45) is 0 Å². The molecule has 1 heterocycles. The number of rotatable bonds is 4. The summed E-state index contributed by atoms with van der Waals surface area (Å²) in [5.74, 6) is 0.696. The highest BCUT2D eigenvalue weighted by molar-refractivity contribution is 7.15. The number of nitrogens with zero attached hydrogens (tertiary/aromatic N) is 2. The van der Waals surface area contributed by atoms with Gasteiger partial charge in [-0.05, 0) is 56.7 Å². The largest absolute Gasteiger partial charge is 0.483 e. The van der Waals surface area contributed by atoms with Gasteiger partial charge in [-0.3, -0.25) is 9.69 Å². The van der Waals surface area contributed by atoms with E-state index in [4.69, 9.17) is 4.74 Å². The third kappa shape index (κ3) is 3.39. The Morgan fingerprint density at radius 2 is 2.09 bits per heavy atom. The number of benzene rings is 1. The van der Waals surface area contributed by atoms with Gasteiger partial charge in [-0.15, -0.1) is 11.3 Å². The summed E-state index contributed by atoms with van der Waals surface area (Å²) >= 11 is 1.64. The van der Waals surface area contributed by atoms with Crippen molar-refractivity contribution in [2.75, 3.05) is 18.6 Å². The summed E-state index contributed by atoms with van der Waals surface area (Å²) in [6.07, 6.45) is 4.55. The van der Waals surface area contributed by atoms with E-state index in [0.29, 0.717) is 0 Å². The van der Waals surface area contributed by atoms with Crippen molar-refractivity contribution in [3.63, 3.8) is 0 Å². The number of aryl methyl sites for hydroxylation is 3. The number of likely N-dealkylation sites (N-methyl/N-ethyl adjacent to an activating group) is 1. The lowest BCUT2D eigenvalue weighted by molar-refractivity contribution is -0.120. The lowest BCUT2D eigenvalue weighted by Crippen LogP contribution is -2.31. The molecule has 0 radical (unpaired) electrons. The molecule has 5 heteroatoms. The maximum Gasteiger partial charge on any atom is 0.266 e. The van der Waals surface area contributed by atoms with Gasteiger partial charge in [0.15, 0.2) is 11.7 Å². The molecule has 0 aliphatic heterocycles. The first-order valence-electron chi connectivity index (χ1n) is 8.00. The Balaban J connectivity index is 1.65. The van der Waals surface area contributed by atoms with E-state index in [1.807, 2.05) is 32.0 Å². The second-order valence-electron chi connectivity index (χ2n) is 6.01. The molecule has 0 saturated carbocycles. The molecule has 1 aromatic carbocycles. The van der Waals surface area contributed by atoms with Gasteiger partial charge in [0.25, 0.3) is 5.91 Å². The van der Waals surface area contributed by atoms with Crippen LogP contribution in [0.1, 0.15) is 34.5 Å². The van der Waals surface area contributed by atoms with Gasteiger partial charge in [0.2, 0.25) is 0 Å². The van der Waals surface area contributed by atoms with Gasteiger partial charge in [0.1, 0.15) is 5.75 Å². The van der Waals surface area contributed by atoms with E-state index in [9.17, 15) is 4.79 Å². The Morgan fingerprint density at radius 1 is 1.30 bits per heavy atom. The molecule has 4 nitrogen and oxygen atoms in total. The molecule has 0 spiro atoms. The summed E-state index contributed by atoms with van der Waals surface area (Å²) in [5, 5.41) is 0.784. The number of thiazole rings is 1. The fraction of sp³-hybridized carbons (Fsp3) is 0.444. The van der Waals surface area contributed by atoms with Crippen LogP contribution >= 0.6 is 11.3 Å². The molecule has 122 valence electrons. The van der Waals surface area contributed by atoms with Crippen LogP contribution in [0.5, 0.6) is 5.75 Å². The number of aromatic nitrogens is 1. The minimum Gasteiger partial charge on any atom is -0.483 e. The SMILES string of the molecule is Cc1cccc(OCC(=O)N(C)c2nc3c(s2)CCCC3)c1C. The number of hydrogen-bond acceptors (Lipinski definition) is 4. The number of fused-ring (bicyclic) bond motifs is 1. The number of carbonyl (C=O) groups excluding carboxylic acids is 1. The zero-order chi connectivity index (χ0) is 16.4. The molecule has 0 atom stereocenters. The Labute approximate surface area is 141 Å². The van der Waals surface area contributed by atoms with Crippen LogP contribution in [-0.4, -0.2) is 24.5 Å². The zero-order valence-electron chi connectivity index (χ0n) is 13.9. The third-order valence-electron chi connectivity index (χ3n) is 4.40. The van der Waals surface area contributed by atoms with E-state index in [2.05, 4.69) is 4.98 Å². The predicted octanol–water partition coefficient (Wildman–Crippen LogP) is 3.68. The maximum atomic E-state index is 12.4. The minimum atomic E-state index is -0.0722. The van der Waals surface area contributed by atoms with Crippen molar-refractivity contribution < 1.29 is 9.53 Å². The number of carbonyl (C=O) groups is 1. The molecule has 0 unspecified atom stereocenters. The molecule has 1 aromatic heterocycles. The first-order chi connectivity index (χ1) is 11.1. The fourth-order valence-corrected chi connectivity index (χ4v) is 3.83. The third-order valence-corrected chi connectivity index (χ3v) is 5.64. The molecule has 0 N–H and O–H groups in total. The van der Waals surface area contributed by atoms with Crippen LogP contribution in [-0.2, 0) is 17.6 Å². The summed E-state index contributed by atoms with van der Waals surface area (Å²) in [4.78, 5) is 20.0. The summed E-state index contributed by atoms with van der Waals surface area (Å²) in [7, 11) is 1.78. The molecule has 0 saturated heterocycles. The smallest absolute Gasteiger partial charge is 0.266 e. The van der Waals surface area contributed by atoms with Gasteiger partial charge >= 0.3 is 0 Å². The van der Waals surface area contributed by atoms with Gasteiger partial charge in [-0.1, -0.05) is 12.1 Å². The predicted molar refractivity (Wildman–Crippen MR) is 93.6 cm³/mol. The highest BCUT2D eigenvalue weighted by Crippen LogP contribution is 2.31. The second kappa shape index (κ2) is 6.71. The fourth-order valence-electron chi connectivity index (χ4n) is 2.71. The first kappa shape index (κ1) is 16.0. The maximum absolute atomic E-state index is 12.4. The molecule has 0 fully saturated rings. The van der Waals surface area contributed by atoms with Crippen molar-refractivity contribution in [1.29, 1.82) is 0 Å². The molecule has 0 bridgehead atoms. The summed E-state index contributed by atoms with van der Waals surface area (Å²) < 4.78 is 5.71. The van der Waals surface area contributed by atoms with Crippen LogP contribution in [0, 0.1) is 13.8 Å². The highest BCUT2D eigenvalue weighted by atomic mass is 32.1. The topological polar surface area (TPSA) is 42.4 Å². The van der Waals surface area contributed by atoms with E-state index in [1.54, 1.807) is 23.3 Å². The minimum absolute atomic E-state index is 0.0328. The summed E-state index contributed by atoms with van der Waals surface area (Å²) in [6.45, 7) is 4.08. The van der Waals surface area contributed by atoms with E-state index in [1.165, 1.54) is 23.4 Å². The van der Waals surface area contributed by atoms with Crippen molar-refractivity contribution in [3.8, 4) is 5.75 Å². The average Bonchev–Trinajstić information content (AvgIpc) is 2.99. The van der Waals surface area contributed by atoms with Crippen LogP contribution in [0.2, 0.25) is 0 Å². The quantitative estimate of drug-likeness (QED) is 0.859. The van der Waals surface area contributed by atoms with E-state index in [-0.39, 0.29) is 12.5 Å². The second-order valence-corrected chi connectivity index (χ2v) is 7.07. The lowest BCUT2D eigenvalue weighted by Gasteiger charge is -2.15. The van der Waals surface area contributed by atoms with E-state index in [0.717, 1.165) is 34.8 Å². The van der Waals surface area contributed by atoms with Crippen LogP contribution in [0.15, 0.2) is 18.2 Å². The number of amides is 1. The van der Waals surface area contributed by atoms with Crippen LogP contribution in [0.25, 0.3) is 0 Å². The molecular weight excluding hydrogens is 308 g/mol. The molecule has 1 amide bonds. The highest BCUT2D eigenvalue weighted by Gasteiger charge is 2.20. The molecule has 1 aliphatic rings. The van der Waals surface area contributed by atoms with Gasteiger partial charge in [0, 0.05) is 11.9 Å². The molecule has 1 aliphatic carbocycles. The molecular formula is C18H22N2O2S. The van der Waals surface area contributed by atoms with E-state index >= 15 is 0 Å². The first-order valence-corrected chi connectivity index (χ1v) is 8.82. The van der Waals surface area contributed by atoms with Gasteiger partial charge in [-0.25, -0.2) is 4.98 Å². The molecule has 3 rings (SSSR count). The molecule has 2 aromatic rings. The Bertz CT molecular complexity index is 700. The zero-order valence-corrected chi connectivity index (χ0v) is 14.7. The summed E-state index contributed by atoms with van der Waals surface area (Å²) in [5.41, 5.74) is 3.41. The Hall–Kier alpha value is -1.88. The van der Waals surface area contributed by atoms with Crippen LogP contribution in [0.4, 0.5) is 5.13 Å². The van der Waals surface area contributed by atoms with Crippen molar-refractivity contribution in [1.82, 2.24) is 4.98 Å². The van der Waals surface area contributed by atoms with Crippen molar-refractivity contribution in [3.05, 3.63) is 39.9 Å². The lowest BCUT2D eigenvalue weighted by atomic mass is 10.0. The standard InChI is InChI=1S/C18H22N2O2S/c1-12-7-6-9-15(13(12)2)22-11-17(21)20(3)18-19-14-8-4-5-10-16(14)23-18/h6-7,9H,4-5,8,10-11H2,1-3H3. The number of ether oxygens (including phenoxy) is 1.